The molecule has 1 aliphatic carbocycles. The van der Waals surface area contributed by atoms with Crippen LogP contribution in [-0.2, 0) is 11.3 Å². The van der Waals surface area contributed by atoms with Gasteiger partial charge in [-0.2, -0.15) is 0 Å². The second-order valence-corrected chi connectivity index (χ2v) is 6.82. The lowest BCUT2D eigenvalue weighted by Gasteiger charge is -2.42. The lowest BCUT2D eigenvalue weighted by atomic mass is 9.85. The lowest BCUT2D eigenvalue weighted by molar-refractivity contribution is -0.139. The van der Waals surface area contributed by atoms with E-state index in [1.54, 1.807) is 12.3 Å². The van der Waals surface area contributed by atoms with Gasteiger partial charge in [-0.25, -0.2) is 9.07 Å². The van der Waals surface area contributed by atoms with Gasteiger partial charge < -0.3 is 10.4 Å². The van der Waals surface area contributed by atoms with Crippen molar-refractivity contribution < 1.29 is 14.3 Å². The van der Waals surface area contributed by atoms with Crippen molar-refractivity contribution in [1.82, 2.24) is 25.2 Å². The molecule has 7 nitrogen and oxygen atoms in total. The summed E-state index contributed by atoms with van der Waals surface area (Å²) >= 11 is 6.04. The molecule has 1 aromatic heterocycles. The molecule has 26 heavy (non-hydrogen) atoms. The summed E-state index contributed by atoms with van der Waals surface area (Å²) in [6, 6.07) is 4.76. The van der Waals surface area contributed by atoms with Gasteiger partial charge in [0.2, 0.25) is 0 Å². The summed E-state index contributed by atoms with van der Waals surface area (Å²) < 4.78 is 14.7. The predicted molar refractivity (Wildman–Crippen MR) is 94.9 cm³/mol. The normalized spacial score (nSPS) is 19.5. The minimum Gasteiger partial charge on any atom is -0.480 e. The average molecular weight is 382 g/mol. The number of carboxylic acid groups (broad SMARTS) is 1. The van der Waals surface area contributed by atoms with Crippen molar-refractivity contribution in [2.75, 3.05) is 13.1 Å². The molecule has 9 heteroatoms. The largest absolute Gasteiger partial charge is 0.480 e. The van der Waals surface area contributed by atoms with Gasteiger partial charge in [-0.1, -0.05) is 23.7 Å². The van der Waals surface area contributed by atoms with Crippen LogP contribution in [0.5, 0.6) is 0 Å². The molecule has 0 bridgehead atoms. The number of aliphatic carboxylic acids is 1. The Kier molecular flexibility index (Phi) is 5.85. The van der Waals surface area contributed by atoms with E-state index in [0.717, 1.165) is 25.1 Å². The maximum Gasteiger partial charge on any atom is 0.317 e. The van der Waals surface area contributed by atoms with E-state index < -0.39 is 11.8 Å². The molecule has 3 rings (SSSR count). The summed E-state index contributed by atoms with van der Waals surface area (Å²) in [4.78, 5) is 12.8. The highest BCUT2D eigenvalue weighted by atomic mass is 35.5. The highest BCUT2D eigenvalue weighted by Crippen LogP contribution is 2.26. The maximum absolute atomic E-state index is 13.1. The molecule has 0 aliphatic heterocycles. The molecule has 2 N–H and O–H groups in total. The number of halogens is 2. The fourth-order valence-electron chi connectivity index (χ4n) is 3.14. The number of nitrogens with one attached hydrogen (secondary N) is 1. The van der Waals surface area contributed by atoms with Gasteiger partial charge in [0.05, 0.1) is 29.1 Å². The molecule has 0 atom stereocenters. The van der Waals surface area contributed by atoms with Crippen LogP contribution in [0, 0.1) is 5.82 Å². The second kappa shape index (κ2) is 8.11. The van der Waals surface area contributed by atoms with Crippen LogP contribution in [0.25, 0.3) is 5.69 Å². The molecule has 0 spiro atoms. The molecule has 1 heterocycles. The average Bonchev–Trinajstić information content (AvgIpc) is 3.00. The summed E-state index contributed by atoms with van der Waals surface area (Å²) in [6.45, 7) is 3.35. The topological polar surface area (TPSA) is 83.3 Å². The van der Waals surface area contributed by atoms with E-state index in [9.17, 15) is 9.18 Å². The van der Waals surface area contributed by atoms with E-state index in [1.165, 1.54) is 16.8 Å². The van der Waals surface area contributed by atoms with E-state index in [2.05, 4.69) is 15.6 Å². The highest BCUT2D eigenvalue weighted by molar-refractivity contribution is 6.32. The summed E-state index contributed by atoms with van der Waals surface area (Å²) in [5, 5.41) is 20.7. The van der Waals surface area contributed by atoms with E-state index in [1.807, 2.05) is 11.8 Å². The molecule has 0 amide bonds. The number of hydrogen-bond acceptors (Lipinski definition) is 5. The Bertz CT molecular complexity index is 778. The smallest absolute Gasteiger partial charge is 0.317 e. The monoisotopic (exact) mass is 381 g/mol. The molecule has 2 aromatic rings. The van der Waals surface area contributed by atoms with Crippen molar-refractivity contribution in [3.05, 3.63) is 40.9 Å². The van der Waals surface area contributed by atoms with Crippen molar-refractivity contribution in [2.24, 2.45) is 0 Å². The highest BCUT2D eigenvalue weighted by Gasteiger charge is 2.33. The zero-order valence-electron chi connectivity index (χ0n) is 14.4. The molecule has 0 saturated heterocycles. The van der Waals surface area contributed by atoms with Crippen LogP contribution in [-0.4, -0.2) is 56.1 Å². The van der Waals surface area contributed by atoms with Crippen LogP contribution in [0.3, 0.4) is 0 Å². The first-order valence-corrected chi connectivity index (χ1v) is 8.90. The summed E-state index contributed by atoms with van der Waals surface area (Å²) in [5.74, 6) is -1.19. The molecule has 1 aromatic carbocycles. The summed E-state index contributed by atoms with van der Waals surface area (Å²) in [6.07, 6.45) is 3.59. The van der Waals surface area contributed by atoms with Gasteiger partial charge in [0.25, 0.3) is 0 Å². The number of nitrogens with zero attached hydrogens (tertiary/aromatic N) is 4. The van der Waals surface area contributed by atoms with Crippen LogP contribution >= 0.6 is 11.6 Å². The van der Waals surface area contributed by atoms with Crippen LogP contribution < -0.4 is 5.32 Å². The molecular formula is C17H21ClFN5O2. The van der Waals surface area contributed by atoms with Crippen molar-refractivity contribution in [3.63, 3.8) is 0 Å². The van der Waals surface area contributed by atoms with Gasteiger partial charge in [0.15, 0.2) is 0 Å². The Balaban J connectivity index is 1.50. The molecule has 0 radical (unpaired) electrons. The first-order valence-electron chi connectivity index (χ1n) is 8.52. The van der Waals surface area contributed by atoms with Crippen molar-refractivity contribution in [3.8, 4) is 5.69 Å². The quantitative estimate of drug-likeness (QED) is 0.728. The van der Waals surface area contributed by atoms with Gasteiger partial charge >= 0.3 is 5.97 Å². The third kappa shape index (κ3) is 4.38. The Hall–Kier alpha value is -2.03. The molecule has 1 fully saturated rings. The maximum atomic E-state index is 13.1. The third-order valence-electron chi connectivity index (χ3n) is 4.64. The Labute approximate surface area is 155 Å². The van der Waals surface area contributed by atoms with Crippen molar-refractivity contribution in [1.29, 1.82) is 0 Å². The summed E-state index contributed by atoms with van der Waals surface area (Å²) in [5.41, 5.74) is 1.33. The van der Waals surface area contributed by atoms with Crippen molar-refractivity contribution in [2.45, 2.75) is 38.4 Å². The first kappa shape index (κ1) is 18.8. The number of likely N-dealkylation sites (N-methyl/N-ethyl adjacent to an activating group) is 1. The fraction of sp³-hybridized carbons (Fsp3) is 0.471. The van der Waals surface area contributed by atoms with E-state index in [0.29, 0.717) is 24.3 Å². The van der Waals surface area contributed by atoms with Crippen LogP contribution in [0.15, 0.2) is 24.4 Å². The number of carbonyl (C=O) groups is 1. The molecule has 1 aliphatic rings. The fourth-order valence-corrected chi connectivity index (χ4v) is 3.39. The minimum atomic E-state index is -0.792. The number of hydrogen-bond donors (Lipinski definition) is 2. The number of aromatic nitrogens is 3. The zero-order chi connectivity index (χ0) is 18.7. The zero-order valence-corrected chi connectivity index (χ0v) is 15.2. The second-order valence-electron chi connectivity index (χ2n) is 6.41. The third-order valence-corrected chi connectivity index (χ3v) is 4.95. The van der Waals surface area contributed by atoms with Gasteiger partial charge in [-0.05, 0) is 37.6 Å². The van der Waals surface area contributed by atoms with Crippen LogP contribution in [0.1, 0.15) is 25.5 Å². The van der Waals surface area contributed by atoms with Crippen molar-refractivity contribution >= 4 is 17.6 Å². The summed E-state index contributed by atoms with van der Waals surface area (Å²) in [7, 11) is 0. The van der Waals surface area contributed by atoms with Gasteiger partial charge in [-0.3, -0.25) is 9.69 Å². The Morgan fingerprint density at radius 3 is 2.92 bits per heavy atom. The van der Waals surface area contributed by atoms with Gasteiger partial charge in [0.1, 0.15) is 5.82 Å². The molecule has 0 unspecified atom stereocenters. The standard InChI is InChI=1S/C17H21ClFN5O2/c1-2-23(10-17(25)26)14-6-12(7-14)20-8-13-9-24(22-21-13)16-4-3-11(19)5-15(16)18/h3-5,9,12,14,20H,2,6-8,10H2,1H3,(H,25,26). The number of carboxylic acids is 1. The van der Waals surface area contributed by atoms with Crippen LogP contribution in [0.2, 0.25) is 5.02 Å². The Morgan fingerprint density at radius 2 is 2.27 bits per heavy atom. The number of rotatable bonds is 8. The van der Waals surface area contributed by atoms with Crippen LogP contribution in [0.4, 0.5) is 4.39 Å². The van der Waals surface area contributed by atoms with Gasteiger partial charge in [-0.15, -0.1) is 5.10 Å². The van der Waals surface area contributed by atoms with E-state index >= 15 is 0 Å². The first-order chi connectivity index (χ1) is 12.5. The lowest BCUT2D eigenvalue weighted by Crippen LogP contribution is -2.53. The Morgan fingerprint density at radius 1 is 1.50 bits per heavy atom. The number of benzene rings is 1. The molecule has 140 valence electrons. The minimum absolute atomic E-state index is 0.0840. The van der Waals surface area contributed by atoms with E-state index in [4.69, 9.17) is 16.7 Å². The van der Waals surface area contributed by atoms with E-state index in [-0.39, 0.29) is 11.6 Å². The SMILES string of the molecule is CCN(CC(=O)O)C1CC(NCc2cn(-c3ccc(F)cc3Cl)nn2)C1. The molecular weight excluding hydrogens is 361 g/mol. The van der Waals surface area contributed by atoms with Gasteiger partial charge in [0, 0.05) is 18.6 Å². The predicted octanol–water partition coefficient (Wildman–Crippen LogP) is 2.09. The molecule has 1 saturated carbocycles.